The zero-order chi connectivity index (χ0) is 16.9. The standard InChI is InChI=1S/C18H18N2O4/c1-22-13-8-7-12(17(9-13)23-2)11-19-18(21)10-15-14-5-3-4-6-16(14)24-20-15/h3-9H,10-11H2,1-2H3,(H,19,21). The van der Waals surface area contributed by atoms with E-state index >= 15 is 0 Å². The van der Waals surface area contributed by atoms with Gasteiger partial charge in [0, 0.05) is 23.6 Å². The average Bonchev–Trinajstić information content (AvgIpc) is 3.03. The van der Waals surface area contributed by atoms with Crippen molar-refractivity contribution in [3.63, 3.8) is 0 Å². The Morgan fingerprint density at radius 2 is 2.00 bits per heavy atom. The number of ether oxygens (including phenoxy) is 2. The van der Waals surface area contributed by atoms with Crippen molar-refractivity contribution in [3.05, 3.63) is 53.7 Å². The molecule has 3 rings (SSSR count). The molecule has 6 nitrogen and oxygen atoms in total. The fourth-order valence-electron chi connectivity index (χ4n) is 2.47. The van der Waals surface area contributed by atoms with Gasteiger partial charge in [-0.2, -0.15) is 0 Å². The fraction of sp³-hybridized carbons (Fsp3) is 0.222. The first-order valence-electron chi connectivity index (χ1n) is 7.52. The summed E-state index contributed by atoms with van der Waals surface area (Å²) >= 11 is 0. The number of aromatic nitrogens is 1. The van der Waals surface area contributed by atoms with Crippen LogP contribution in [-0.2, 0) is 17.8 Å². The van der Waals surface area contributed by atoms with Gasteiger partial charge in [0.25, 0.3) is 0 Å². The van der Waals surface area contributed by atoms with Crippen LogP contribution in [0.5, 0.6) is 11.5 Å². The van der Waals surface area contributed by atoms with Crippen LogP contribution in [-0.4, -0.2) is 25.3 Å². The first-order valence-corrected chi connectivity index (χ1v) is 7.52. The third-order valence-electron chi connectivity index (χ3n) is 3.75. The Morgan fingerprint density at radius 3 is 2.79 bits per heavy atom. The van der Waals surface area contributed by atoms with E-state index < -0.39 is 0 Å². The fourth-order valence-corrected chi connectivity index (χ4v) is 2.47. The normalized spacial score (nSPS) is 10.6. The Labute approximate surface area is 139 Å². The molecule has 6 heteroatoms. The van der Waals surface area contributed by atoms with Gasteiger partial charge in [0.15, 0.2) is 5.58 Å². The van der Waals surface area contributed by atoms with Gasteiger partial charge >= 0.3 is 0 Å². The van der Waals surface area contributed by atoms with Gasteiger partial charge in [-0.15, -0.1) is 0 Å². The van der Waals surface area contributed by atoms with Crippen LogP contribution < -0.4 is 14.8 Å². The molecule has 1 heterocycles. The topological polar surface area (TPSA) is 73.6 Å². The molecule has 0 aliphatic heterocycles. The number of fused-ring (bicyclic) bond motifs is 1. The van der Waals surface area contributed by atoms with Crippen LogP contribution in [0.25, 0.3) is 11.0 Å². The number of nitrogens with one attached hydrogen (secondary N) is 1. The van der Waals surface area contributed by atoms with Gasteiger partial charge in [-0.05, 0) is 24.3 Å². The number of hydrogen-bond donors (Lipinski definition) is 1. The minimum absolute atomic E-state index is 0.132. The summed E-state index contributed by atoms with van der Waals surface area (Å²) in [7, 11) is 3.18. The quantitative estimate of drug-likeness (QED) is 0.754. The van der Waals surface area contributed by atoms with Gasteiger partial charge in [-0.3, -0.25) is 4.79 Å². The van der Waals surface area contributed by atoms with Crippen molar-refractivity contribution in [2.75, 3.05) is 14.2 Å². The van der Waals surface area contributed by atoms with Crippen molar-refractivity contribution in [2.45, 2.75) is 13.0 Å². The molecule has 0 saturated carbocycles. The van der Waals surface area contributed by atoms with Crippen LogP contribution in [0.1, 0.15) is 11.3 Å². The first-order chi connectivity index (χ1) is 11.7. The number of methoxy groups -OCH3 is 2. The van der Waals surface area contributed by atoms with Gasteiger partial charge in [0.05, 0.1) is 20.6 Å². The van der Waals surface area contributed by atoms with Crippen LogP contribution in [0.2, 0.25) is 0 Å². The third-order valence-corrected chi connectivity index (χ3v) is 3.75. The maximum absolute atomic E-state index is 12.2. The highest BCUT2D eigenvalue weighted by atomic mass is 16.5. The molecular weight excluding hydrogens is 308 g/mol. The Balaban J connectivity index is 1.65. The highest BCUT2D eigenvalue weighted by Gasteiger charge is 2.13. The maximum Gasteiger partial charge on any atom is 0.226 e. The van der Waals surface area contributed by atoms with E-state index in [1.54, 1.807) is 20.3 Å². The summed E-state index contributed by atoms with van der Waals surface area (Å²) in [6.07, 6.45) is 0.162. The average molecular weight is 326 g/mol. The second-order valence-electron chi connectivity index (χ2n) is 5.26. The molecule has 0 aliphatic carbocycles. The zero-order valence-corrected chi connectivity index (χ0v) is 13.5. The van der Waals surface area contributed by atoms with E-state index in [-0.39, 0.29) is 12.3 Å². The van der Waals surface area contributed by atoms with E-state index in [2.05, 4.69) is 10.5 Å². The lowest BCUT2D eigenvalue weighted by Gasteiger charge is -2.11. The summed E-state index contributed by atoms with van der Waals surface area (Å²) in [5.74, 6) is 1.24. The van der Waals surface area contributed by atoms with Crippen LogP contribution in [0, 0.1) is 0 Å². The highest BCUT2D eigenvalue weighted by Crippen LogP contribution is 2.24. The molecule has 1 amide bonds. The van der Waals surface area contributed by atoms with Crippen molar-refractivity contribution in [2.24, 2.45) is 0 Å². The number of carbonyl (C=O) groups excluding carboxylic acids is 1. The number of rotatable bonds is 6. The summed E-state index contributed by atoms with van der Waals surface area (Å²) in [6.45, 7) is 0.363. The first kappa shape index (κ1) is 15.9. The largest absolute Gasteiger partial charge is 0.497 e. The molecule has 3 aromatic rings. The summed E-state index contributed by atoms with van der Waals surface area (Å²) in [4.78, 5) is 12.2. The molecule has 0 spiro atoms. The monoisotopic (exact) mass is 326 g/mol. The van der Waals surface area contributed by atoms with Crippen LogP contribution in [0.15, 0.2) is 47.0 Å². The van der Waals surface area contributed by atoms with E-state index in [0.29, 0.717) is 29.3 Å². The second-order valence-corrected chi connectivity index (χ2v) is 5.26. The van der Waals surface area contributed by atoms with Crippen molar-refractivity contribution in [1.82, 2.24) is 10.5 Å². The Bertz CT molecular complexity index is 857. The lowest BCUT2D eigenvalue weighted by Crippen LogP contribution is -2.25. The number of carbonyl (C=O) groups is 1. The summed E-state index contributed by atoms with van der Waals surface area (Å²) < 4.78 is 15.7. The SMILES string of the molecule is COc1ccc(CNC(=O)Cc2noc3ccccc23)c(OC)c1. The predicted octanol–water partition coefficient (Wildman–Crippen LogP) is 2.70. The molecule has 0 bridgehead atoms. The van der Waals surface area contributed by atoms with Crippen LogP contribution in [0.3, 0.4) is 0 Å². The molecule has 1 aromatic heterocycles. The minimum atomic E-state index is -0.132. The number of para-hydroxylation sites is 1. The number of amides is 1. The Kier molecular flexibility index (Phi) is 4.65. The molecule has 0 saturated heterocycles. The maximum atomic E-state index is 12.2. The molecule has 124 valence electrons. The van der Waals surface area contributed by atoms with Gasteiger partial charge in [-0.1, -0.05) is 17.3 Å². The van der Waals surface area contributed by atoms with E-state index in [9.17, 15) is 4.79 Å². The van der Waals surface area contributed by atoms with Crippen LogP contribution >= 0.6 is 0 Å². The lowest BCUT2D eigenvalue weighted by molar-refractivity contribution is -0.120. The minimum Gasteiger partial charge on any atom is -0.497 e. The molecule has 24 heavy (non-hydrogen) atoms. The van der Waals surface area contributed by atoms with Crippen molar-refractivity contribution in [1.29, 1.82) is 0 Å². The smallest absolute Gasteiger partial charge is 0.226 e. The van der Waals surface area contributed by atoms with Gasteiger partial charge in [0.1, 0.15) is 17.2 Å². The van der Waals surface area contributed by atoms with Crippen molar-refractivity contribution >= 4 is 16.9 Å². The molecule has 0 aliphatic rings. The van der Waals surface area contributed by atoms with Gasteiger partial charge in [0.2, 0.25) is 5.91 Å². The second kappa shape index (κ2) is 7.04. The molecule has 0 radical (unpaired) electrons. The highest BCUT2D eigenvalue weighted by molar-refractivity contribution is 5.86. The van der Waals surface area contributed by atoms with Crippen molar-refractivity contribution in [3.8, 4) is 11.5 Å². The zero-order valence-electron chi connectivity index (χ0n) is 13.5. The van der Waals surface area contributed by atoms with E-state index in [1.165, 1.54) is 0 Å². The molecule has 2 aromatic carbocycles. The summed E-state index contributed by atoms with van der Waals surface area (Å²) in [6, 6.07) is 13.0. The molecule has 1 N–H and O–H groups in total. The Morgan fingerprint density at radius 1 is 1.17 bits per heavy atom. The number of hydrogen-bond acceptors (Lipinski definition) is 5. The summed E-state index contributed by atoms with van der Waals surface area (Å²) in [5, 5.41) is 7.70. The number of nitrogens with zero attached hydrogens (tertiary/aromatic N) is 1. The third kappa shape index (κ3) is 3.32. The lowest BCUT2D eigenvalue weighted by atomic mass is 10.1. The number of benzene rings is 2. The van der Waals surface area contributed by atoms with Gasteiger partial charge < -0.3 is 19.3 Å². The van der Waals surface area contributed by atoms with E-state index in [0.717, 1.165) is 10.9 Å². The van der Waals surface area contributed by atoms with E-state index in [4.69, 9.17) is 14.0 Å². The van der Waals surface area contributed by atoms with Crippen molar-refractivity contribution < 1.29 is 18.8 Å². The Hall–Kier alpha value is -3.02. The predicted molar refractivity (Wildman–Crippen MR) is 89.1 cm³/mol. The van der Waals surface area contributed by atoms with Crippen LogP contribution in [0.4, 0.5) is 0 Å². The van der Waals surface area contributed by atoms with E-state index in [1.807, 2.05) is 36.4 Å². The molecule has 0 unspecified atom stereocenters. The molecule has 0 atom stereocenters. The summed E-state index contributed by atoms with van der Waals surface area (Å²) in [5.41, 5.74) is 2.18. The molecular formula is C18H18N2O4. The molecule has 0 fully saturated rings. The van der Waals surface area contributed by atoms with Gasteiger partial charge in [-0.25, -0.2) is 0 Å².